The fourth-order valence-electron chi connectivity index (χ4n) is 5.13. The van der Waals surface area contributed by atoms with Crippen molar-refractivity contribution in [3.05, 3.63) is 65.7 Å². The number of aromatic amines is 1. The smallest absolute Gasteiger partial charge is 0.410 e. The number of carbonyl (C=O) groups is 2. The molecule has 5 rings (SSSR count). The summed E-state index contributed by atoms with van der Waals surface area (Å²) in [6.45, 7) is 9.03. The SMILES string of the molecule is CC(=O)CCC[n+]1[nH]nnc1-c1ccc(C2=CC3(CCN(C(=O)OC(C)(C)C)CC3)Oc3ccccc32)cc1. The number of hydrogen-bond donors (Lipinski definition) is 1. The molecule has 9 nitrogen and oxygen atoms in total. The number of carbonyl (C=O) groups excluding carboxylic acids is 2. The van der Waals surface area contributed by atoms with E-state index in [4.69, 9.17) is 9.47 Å². The Kier molecular flexibility index (Phi) is 7.25. The van der Waals surface area contributed by atoms with Crippen LogP contribution in [0.2, 0.25) is 0 Å². The van der Waals surface area contributed by atoms with Gasteiger partial charge in [-0.2, -0.15) is 4.68 Å². The number of para-hydroxylation sites is 1. The maximum absolute atomic E-state index is 12.6. The van der Waals surface area contributed by atoms with Gasteiger partial charge in [0.1, 0.15) is 27.8 Å². The molecule has 2 aliphatic heterocycles. The number of fused-ring (bicyclic) bond motifs is 1. The number of amides is 1. The molecule has 9 heteroatoms. The number of ether oxygens (including phenoxy) is 2. The summed E-state index contributed by atoms with van der Waals surface area (Å²) in [5, 5.41) is 11.2. The number of H-pyrrole nitrogens is 1. The Labute approximate surface area is 228 Å². The highest BCUT2D eigenvalue weighted by Gasteiger charge is 2.40. The average molecular weight is 531 g/mol. The first kappa shape index (κ1) is 26.6. The third-order valence-electron chi connectivity index (χ3n) is 7.09. The Morgan fingerprint density at radius 2 is 1.77 bits per heavy atom. The molecule has 204 valence electrons. The topological polar surface area (TPSA) is 101 Å². The van der Waals surface area contributed by atoms with E-state index in [9.17, 15) is 9.59 Å². The number of nitrogens with zero attached hydrogens (tertiary/aromatic N) is 4. The van der Waals surface area contributed by atoms with Gasteiger partial charge in [0.15, 0.2) is 5.21 Å². The highest BCUT2D eigenvalue weighted by atomic mass is 16.6. The second kappa shape index (κ2) is 10.6. The lowest BCUT2D eigenvalue weighted by atomic mass is 9.83. The second-order valence-corrected chi connectivity index (χ2v) is 11.3. The van der Waals surface area contributed by atoms with E-state index < -0.39 is 11.2 Å². The fourth-order valence-corrected chi connectivity index (χ4v) is 5.13. The molecule has 2 aromatic carbocycles. The first-order valence-electron chi connectivity index (χ1n) is 13.5. The van der Waals surface area contributed by atoms with Crippen LogP contribution in [-0.2, 0) is 16.1 Å². The predicted molar refractivity (Wildman–Crippen MR) is 146 cm³/mol. The van der Waals surface area contributed by atoms with Gasteiger partial charge in [-0.1, -0.05) is 35.5 Å². The summed E-state index contributed by atoms with van der Waals surface area (Å²) < 4.78 is 14.0. The molecule has 1 saturated heterocycles. The summed E-state index contributed by atoms with van der Waals surface area (Å²) in [6.07, 6.45) is 4.57. The lowest BCUT2D eigenvalue weighted by Crippen LogP contribution is -2.50. The number of Topliss-reactive ketones (excluding diaryl/α,β-unsaturated/α-hetero) is 1. The van der Waals surface area contributed by atoms with Crippen LogP contribution < -0.4 is 9.42 Å². The Morgan fingerprint density at radius 1 is 1.08 bits per heavy atom. The minimum absolute atomic E-state index is 0.173. The number of piperidine rings is 1. The lowest BCUT2D eigenvalue weighted by molar-refractivity contribution is -0.744. The summed E-state index contributed by atoms with van der Waals surface area (Å²) in [4.78, 5) is 25.7. The number of benzene rings is 2. The van der Waals surface area contributed by atoms with Crippen LogP contribution in [0, 0.1) is 0 Å². The number of hydrogen-bond acceptors (Lipinski definition) is 6. The van der Waals surface area contributed by atoms with E-state index in [0.717, 1.165) is 40.3 Å². The van der Waals surface area contributed by atoms with Gasteiger partial charge in [0.2, 0.25) is 0 Å². The Bertz CT molecular complexity index is 1380. The van der Waals surface area contributed by atoms with Crippen LogP contribution in [-0.4, -0.2) is 56.6 Å². The van der Waals surface area contributed by atoms with Crippen LogP contribution in [0.3, 0.4) is 0 Å². The minimum atomic E-state index is -0.522. The molecule has 2 aliphatic rings. The standard InChI is InChI=1S/C30H35N5O4/c1-21(36)8-7-17-35-27(31-32-33-35)23-13-11-22(12-14-23)25-20-30(38-26-10-6-5-9-24(25)26)15-18-34(19-16-30)28(37)39-29(2,3)4/h5-6,9-14,20H,7-8,15-19H2,1-4H3/p+1. The van der Waals surface area contributed by atoms with Crippen molar-refractivity contribution in [3.8, 4) is 17.1 Å². The van der Waals surface area contributed by atoms with Crippen LogP contribution in [0.25, 0.3) is 17.0 Å². The number of tetrazole rings is 1. The van der Waals surface area contributed by atoms with Gasteiger partial charge in [0, 0.05) is 37.9 Å². The number of nitrogens with one attached hydrogen (secondary N) is 1. The Hall–Kier alpha value is -4.01. The van der Waals surface area contributed by atoms with Crippen LogP contribution in [0.1, 0.15) is 64.5 Å². The van der Waals surface area contributed by atoms with Crippen molar-refractivity contribution >= 4 is 17.4 Å². The molecule has 3 heterocycles. The van der Waals surface area contributed by atoms with E-state index in [2.05, 4.69) is 39.8 Å². The first-order valence-corrected chi connectivity index (χ1v) is 13.5. The van der Waals surface area contributed by atoms with Crippen molar-refractivity contribution in [1.29, 1.82) is 0 Å². The van der Waals surface area contributed by atoms with Crippen molar-refractivity contribution in [1.82, 2.24) is 20.4 Å². The molecule has 0 atom stereocenters. The molecule has 0 radical (unpaired) electrons. The van der Waals surface area contributed by atoms with Crippen LogP contribution in [0.5, 0.6) is 5.75 Å². The van der Waals surface area contributed by atoms with Crippen LogP contribution in [0.4, 0.5) is 4.79 Å². The maximum atomic E-state index is 12.6. The molecule has 3 aromatic rings. The molecular formula is C30H36N5O4+. The summed E-state index contributed by atoms with van der Waals surface area (Å²) in [6, 6.07) is 16.4. The monoisotopic (exact) mass is 530 g/mol. The van der Waals surface area contributed by atoms with Gasteiger partial charge in [-0.25, -0.2) is 4.79 Å². The van der Waals surface area contributed by atoms with Crippen molar-refractivity contribution in [2.24, 2.45) is 0 Å². The number of aromatic nitrogens is 4. The van der Waals surface area contributed by atoms with Gasteiger partial charge in [-0.3, -0.25) is 0 Å². The minimum Gasteiger partial charge on any atom is -0.482 e. The molecule has 0 bridgehead atoms. The second-order valence-electron chi connectivity index (χ2n) is 11.3. The third-order valence-corrected chi connectivity index (χ3v) is 7.09. The predicted octanol–water partition coefficient (Wildman–Crippen LogP) is 4.72. The number of ketones is 1. The van der Waals surface area contributed by atoms with E-state index in [0.29, 0.717) is 38.9 Å². The molecule has 0 aliphatic carbocycles. The molecule has 1 aromatic heterocycles. The maximum Gasteiger partial charge on any atom is 0.410 e. The molecule has 1 fully saturated rings. The zero-order chi connectivity index (χ0) is 27.6. The first-order chi connectivity index (χ1) is 18.6. The van der Waals surface area contributed by atoms with Crippen molar-refractivity contribution in [3.63, 3.8) is 0 Å². The van der Waals surface area contributed by atoms with Gasteiger partial charge in [-0.05, 0) is 69.5 Å². The third kappa shape index (κ3) is 6.02. The zero-order valence-electron chi connectivity index (χ0n) is 23.1. The Morgan fingerprint density at radius 3 is 2.46 bits per heavy atom. The van der Waals surface area contributed by atoms with Crippen LogP contribution >= 0.6 is 0 Å². The van der Waals surface area contributed by atoms with Crippen molar-refractivity contribution < 1.29 is 23.7 Å². The van der Waals surface area contributed by atoms with Gasteiger partial charge < -0.3 is 19.2 Å². The van der Waals surface area contributed by atoms with Crippen molar-refractivity contribution in [2.75, 3.05) is 13.1 Å². The highest BCUT2D eigenvalue weighted by molar-refractivity contribution is 5.85. The summed E-state index contributed by atoms with van der Waals surface area (Å²) in [7, 11) is 0. The fraction of sp³-hybridized carbons (Fsp3) is 0.433. The molecule has 0 saturated carbocycles. The molecule has 39 heavy (non-hydrogen) atoms. The summed E-state index contributed by atoms with van der Waals surface area (Å²) in [5.74, 6) is 1.76. The van der Waals surface area contributed by atoms with Crippen LogP contribution in [0.15, 0.2) is 54.6 Å². The van der Waals surface area contributed by atoms with Crippen molar-refractivity contribution in [2.45, 2.75) is 71.1 Å². The molecule has 1 N–H and O–H groups in total. The Balaban J connectivity index is 1.38. The van der Waals surface area contributed by atoms with E-state index in [1.807, 2.05) is 55.8 Å². The van der Waals surface area contributed by atoms with Gasteiger partial charge in [-0.15, -0.1) is 0 Å². The van der Waals surface area contributed by atoms with Gasteiger partial charge in [0.05, 0.1) is 12.1 Å². The van der Waals surface area contributed by atoms with Gasteiger partial charge in [0.25, 0.3) is 0 Å². The summed E-state index contributed by atoms with van der Waals surface area (Å²) in [5.41, 5.74) is 3.17. The van der Waals surface area contributed by atoms with E-state index in [1.54, 1.807) is 11.8 Å². The van der Waals surface area contributed by atoms with E-state index in [-0.39, 0.29) is 11.9 Å². The summed E-state index contributed by atoms with van der Waals surface area (Å²) >= 11 is 0. The number of likely N-dealkylation sites (tertiary alicyclic amines) is 1. The number of aryl methyl sites for hydroxylation is 1. The lowest BCUT2D eigenvalue weighted by Gasteiger charge is -2.43. The highest BCUT2D eigenvalue weighted by Crippen LogP contribution is 2.43. The zero-order valence-corrected chi connectivity index (χ0v) is 23.1. The largest absolute Gasteiger partial charge is 0.482 e. The van der Waals surface area contributed by atoms with E-state index in [1.165, 1.54) is 0 Å². The molecule has 1 spiro atoms. The quantitative estimate of drug-likeness (QED) is 0.463. The van der Waals surface area contributed by atoms with Gasteiger partial charge >= 0.3 is 11.9 Å². The molecule has 0 unspecified atom stereocenters. The van der Waals surface area contributed by atoms with E-state index >= 15 is 0 Å². The molecular weight excluding hydrogens is 494 g/mol. The normalized spacial score (nSPS) is 16.3. The number of rotatable bonds is 6. The molecule has 1 amide bonds. The average Bonchev–Trinajstić information content (AvgIpc) is 3.36.